The van der Waals surface area contributed by atoms with Gasteiger partial charge in [-0.1, -0.05) is 19.9 Å². The molecule has 118 valence electrons. The summed E-state index contributed by atoms with van der Waals surface area (Å²) in [6.07, 6.45) is 0. The molecule has 1 N–H and O–H groups in total. The minimum Gasteiger partial charge on any atom is -0.367 e. The molecule has 1 fully saturated rings. The Morgan fingerprint density at radius 2 is 1.95 bits per heavy atom. The van der Waals surface area contributed by atoms with Crippen LogP contribution >= 0.6 is 0 Å². The van der Waals surface area contributed by atoms with E-state index in [9.17, 15) is 12.8 Å². The number of nitrogens with one attached hydrogen (secondary N) is 1. The quantitative estimate of drug-likeness (QED) is 0.900. The van der Waals surface area contributed by atoms with Gasteiger partial charge >= 0.3 is 0 Å². The molecule has 0 saturated carbocycles. The van der Waals surface area contributed by atoms with Crippen LogP contribution in [0.1, 0.15) is 19.4 Å². The molecule has 1 aliphatic rings. The first-order chi connectivity index (χ1) is 9.87. The first-order valence-electron chi connectivity index (χ1n) is 7.32. The Morgan fingerprint density at radius 1 is 1.29 bits per heavy atom. The summed E-state index contributed by atoms with van der Waals surface area (Å²) < 4.78 is 37.0. The first-order valence-corrected chi connectivity index (χ1v) is 9.14. The van der Waals surface area contributed by atoms with Gasteiger partial charge < -0.3 is 10.2 Å². The van der Waals surface area contributed by atoms with Crippen LogP contribution in [0.4, 0.5) is 10.1 Å². The van der Waals surface area contributed by atoms with Gasteiger partial charge in [0, 0.05) is 19.6 Å². The van der Waals surface area contributed by atoms with Crippen LogP contribution in [-0.4, -0.2) is 39.6 Å². The zero-order valence-electron chi connectivity index (χ0n) is 12.6. The number of nitrogens with zero attached hydrogens (tertiary/aromatic N) is 1. The van der Waals surface area contributed by atoms with Crippen LogP contribution in [0.2, 0.25) is 0 Å². The Morgan fingerprint density at radius 3 is 2.52 bits per heavy atom. The maximum atomic E-state index is 14.2. The Balaban J connectivity index is 1.99. The molecule has 0 aliphatic carbocycles. The van der Waals surface area contributed by atoms with E-state index in [1.807, 2.05) is 11.0 Å². The standard InChI is InChI=1S/C15H23FN2O2S/c1-12(2)10-17-11-13-3-4-15(14(16)9-13)18-5-7-21(19,20)8-6-18/h3-4,9,12,17H,5-8,10-11H2,1-2H3. The van der Waals surface area contributed by atoms with Crippen LogP contribution in [0.3, 0.4) is 0 Å². The molecule has 0 unspecified atom stereocenters. The van der Waals surface area contributed by atoms with Gasteiger partial charge in [0.15, 0.2) is 9.84 Å². The van der Waals surface area contributed by atoms with Crippen molar-refractivity contribution in [3.63, 3.8) is 0 Å². The number of rotatable bonds is 5. The summed E-state index contributed by atoms with van der Waals surface area (Å²) in [6.45, 7) is 6.52. The van der Waals surface area contributed by atoms with E-state index in [0.29, 0.717) is 31.2 Å². The molecule has 2 rings (SSSR count). The van der Waals surface area contributed by atoms with Gasteiger partial charge in [0.1, 0.15) is 5.82 Å². The minimum absolute atomic E-state index is 0.101. The number of sulfone groups is 1. The predicted octanol–water partition coefficient (Wildman–Crippen LogP) is 1.81. The van der Waals surface area contributed by atoms with E-state index in [0.717, 1.165) is 12.1 Å². The zero-order valence-corrected chi connectivity index (χ0v) is 13.4. The molecule has 1 aliphatic heterocycles. The summed E-state index contributed by atoms with van der Waals surface area (Å²) in [5.41, 5.74) is 1.40. The topological polar surface area (TPSA) is 49.4 Å². The van der Waals surface area contributed by atoms with Crippen molar-refractivity contribution in [2.75, 3.05) is 36.0 Å². The highest BCUT2D eigenvalue weighted by atomic mass is 32.2. The van der Waals surface area contributed by atoms with Crippen LogP contribution in [0, 0.1) is 11.7 Å². The lowest BCUT2D eigenvalue weighted by atomic mass is 10.1. The molecule has 0 aromatic heterocycles. The molecule has 1 aromatic carbocycles. The van der Waals surface area contributed by atoms with E-state index >= 15 is 0 Å². The lowest BCUT2D eigenvalue weighted by molar-refractivity contribution is 0.549. The van der Waals surface area contributed by atoms with Crippen molar-refractivity contribution in [2.45, 2.75) is 20.4 Å². The third-order valence-electron chi connectivity index (χ3n) is 3.58. The van der Waals surface area contributed by atoms with Crippen molar-refractivity contribution >= 4 is 15.5 Å². The highest BCUT2D eigenvalue weighted by Crippen LogP contribution is 2.22. The number of benzene rings is 1. The summed E-state index contributed by atoms with van der Waals surface area (Å²) in [5.74, 6) is 0.483. The normalized spacial score (nSPS) is 18.2. The molecule has 0 amide bonds. The van der Waals surface area contributed by atoms with E-state index in [1.165, 1.54) is 6.07 Å². The maximum absolute atomic E-state index is 14.2. The fourth-order valence-corrected chi connectivity index (χ4v) is 3.58. The number of hydrogen-bond donors (Lipinski definition) is 1. The molecule has 0 bridgehead atoms. The molecule has 0 radical (unpaired) electrons. The highest BCUT2D eigenvalue weighted by molar-refractivity contribution is 7.91. The lowest BCUT2D eigenvalue weighted by Gasteiger charge is -2.29. The molecule has 4 nitrogen and oxygen atoms in total. The largest absolute Gasteiger partial charge is 0.367 e. The van der Waals surface area contributed by atoms with Crippen LogP contribution < -0.4 is 10.2 Å². The van der Waals surface area contributed by atoms with E-state index < -0.39 is 9.84 Å². The fraction of sp³-hybridized carbons (Fsp3) is 0.600. The third kappa shape index (κ3) is 4.68. The van der Waals surface area contributed by atoms with Crippen molar-refractivity contribution in [2.24, 2.45) is 5.92 Å². The average molecular weight is 314 g/mol. The Kier molecular flexibility index (Phi) is 5.22. The second kappa shape index (κ2) is 6.75. The summed E-state index contributed by atoms with van der Waals surface area (Å²) in [6, 6.07) is 5.18. The van der Waals surface area contributed by atoms with E-state index in [2.05, 4.69) is 19.2 Å². The van der Waals surface area contributed by atoms with Gasteiger partial charge in [0.25, 0.3) is 0 Å². The molecule has 0 atom stereocenters. The van der Waals surface area contributed by atoms with Gasteiger partial charge in [-0.2, -0.15) is 0 Å². The van der Waals surface area contributed by atoms with Gasteiger partial charge in [0.2, 0.25) is 0 Å². The second-order valence-corrected chi connectivity index (χ2v) is 8.25. The first kappa shape index (κ1) is 16.2. The van der Waals surface area contributed by atoms with Crippen LogP contribution in [0.25, 0.3) is 0 Å². The molecule has 1 saturated heterocycles. The average Bonchev–Trinajstić information content (AvgIpc) is 2.39. The van der Waals surface area contributed by atoms with Crippen molar-refractivity contribution < 1.29 is 12.8 Å². The van der Waals surface area contributed by atoms with Crippen LogP contribution in [-0.2, 0) is 16.4 Å². The Bertz CT molecular complexity index is 573. The Hall–Kier alpha value is -1.14. The zero-order chi connectivity index (χ0) is 15.5. The maximum Gasteiger partial charge on any atom is 0.153 e. The molecule has 21 heavy (non-hydrogen) atoms. The van der Waals surface area contributed by atoms with Gasteiger partial charge in [-0.25, -0.2) is 12.8 Å². The molecular formula is C15H23FN2O2S. The van der Waals surface area contributed by atoms with Crippen molar-refractivity contribution in [1.82, 2.24) is 5.32 Å². The third-order valence-corrected chi connectivity index (χ3v) is 5.19. The SMILES string of the molecule is CC(C)CNCc1ccc(N2CCS(=O)(=O)CC2)c(F)c1. The summed E-state index contributed by atoms with van der Waals surface area (Å²) in [4.78, 5) is 1.81. The summed E-state index contributed by atoms with van der Waals surface area (Å²) in [5, 5.41) is 3.28. The number of anilines is 1. The molecule has 1 aromatic rings. The Labute approximate surface area is 126 Å². The fourth-order valence-electron chi connectivity index (χ4n) is 2.38. The monoisotopic (exact) mass is 314 g/mol. The van der Waals surface area contributed by atoms with Crippen LogP contribution in [0.5, 0.6) is 0 Å². The summed E-state index contributed by atoms with van der Waals surface area (Å²) >= 11 is 0. The second-order valence-electron chi connectivity index (χ2n) is 5.95. The van der Waals surface area contributed by atoms with Gasteiger partial charge in [-0.3, -0.25) is 0 Å². The smallest absolute Gasteiger partial charge is 0.153 e. The van der Waals surface area contributed by atoms with Crippen molar-refractivity contribution in [3.05, 3.63) is 29.6 Å². The van der Waals surface area contributed by atoms with Crippen LogP contribution in [0.15, 0.2) is 18.2 Å². The van der Waals surface area contributed by atoms with E-state index in [4.69, 9.17) is 0 Å². The minimum atomic E-state index is -2.94. The lowest BCUT2D eigenvalue weighted by Crippen LogP contribution is -2.40. The molecule has 0 spiro atoms. The van der Waals surface area contributed by atoms with Gasteiger partial charge in [-0.05, 0) is 30.2 Å². The van der Waals surface area contributed by atoms with Gasteiger partial charge in [-0.15, -0.1) is 0 Å². The molecular weight excluding hydrogens is 291 g/mol. The molecule has 1 heterocycles. The van der Waals surface area contributed by atoms with E-state index in [1.54, 1.807) is 6.07 Å². The number of halogens is 1. The van der Waals surface area contributed by atoms with Crippen molar-refractivity contribution in [3.8, 4) is 0 Å². The number of hydrogen-bond acceptors (Lipinski definition) is 4. The molecule has 6 heteroatoms. The van der Waals surface area contributed by atoms with E-state index in [-0.39, 0.29) is 17.3 Å². The van der Waals surface area contributed by atoms with Crippen molar-refractivity contribution in [1.29, 1.82) is 0 Å². The van der Waals surface area contributed by atoms with Gasteiger partial charge in [0.05, 0.1) is 17.2 Å². The summed E-state index contributed by atoms with van der Waals surface area (Å²) in [7, 11) is -2.94. The highest BCUT2D eigenvalue weighted by Gasteiger charge is 2.23. The predicted molar refractivity (Wildman–Crippen MR) is 83.8 cm³/mol.